The second-order valence-corrected chi connectivity index (χ2v) is 6.32. The first kappa shape index (κ1) is 14.0. The van der Waals surface area contributed by atoms with Gasteiger partial charge < -0.3 is 13.7 Å². The van der Waals surface area contributed by atoms with Crippen LogP contribution in [-0.2, 0) is 11.3 Å². The van der Waals surface area contributed by atoms with Gasteiger partial charge in [0, 0.05) is 19.2 Å². The quantitative estimate of drug-likeness (QED) is 0.867. The van der Waals surface area contributed by atoms with Gasteiger partial charge in [0.1, 0.15) is 11.5 Å². The number of likely N-dealkylation sites (tertiary alicyclic amines) is 1. The third kappa shape index (κ3) is 2.57. The van der Waals surface area contributed by atoms with Gasteiger partial charge in [0.05, 0.1) is 18.6 Å². The maximum absolute atomic E-state index is 5.93. The first-order chi connectivity index (χ1) is 10.7. The minimum Gasteiger partial charge on any atom is -0.465 e. The predicted octanol–water partition coefficient (Wildman–Crippen LogP) is 2.43. The second kappa shape index (κ2) is 5.52. The van der Waals surface area contributed by atoms with Crippen molar-refractivity contribution in [1.29, 1.82) is 0 Å². The van der Waals surface area contributed by atoms with Crippen molar-refractivity contribution in [1.82, 2.24) is 15.0 Å². The van der Waals surface area contributed by atoms with Gasteiger partial charge in [0.25, 0.3) is 0 Å². The summed E-state index contributed by atoms with van der Waals surface area (Å²) >= 11 is 0. The lowest BCUT2D eigenvalue weighted by Crippen LogP contribution is -2.48. The van der Waals surface area contributed by atoms with Crippen LogP contribution in [0.3, 0.4) is 0 Å². The number of hydrogen-bond acceptors (Lipinski definition) is 6. The van der Waals surface area contributed by atoms with Crippen LogP contribution in [0.1, 0.15) is 42.0 Å². The van der Waals surface area contributed by atoms with Gasteiger partial charge in [-0.2, -0.15) is 4.98 Å². The average Bonchev–Trinajstić information content (AvgIpc) is 3.20. The van der Waals surface area contributed by atoms with E-state index in [0.717, 1.165) is 49.9 Å². The molecule has 0 N–H and O–H groups in total. The smallest absolute Gasteiger partial charge is 0.231 e. The van der Waals surface area contributed by atoms with Gasteiger partial charge in [-0.15, -0.1) is 0 Å². The van der Waals surface area contributed by atoms with E-state index in [1.165, 1.54) is 0 Å². The van der Waals surface area contributed by atoms with Gasteiger partial charge >= 0.3 is 0 Å². The molecule has 0 saturated carbocycles. The summed E-state index contributed by atoms with van der Waals surface area (Å²) in [6.45, 7) is 6.38. The molecule has 2 aromatic heterocycles. The van der Waals surface area contributed by atoms with Crippen molar-refractivity contribution < 1.29 is 13.7 Å². The van der Waals surface area contributed by atoms with Gasteiger partial charge in [-0.3, -0.25) is 4.90 Å². The third-order valence-corrected chi connectivity index (χ3v) is 4.66. The number of aryl methyl sites for hydroxylation is 2. The summed E-state index contributed by atoms with van der Waals surface area (Å²) in [7, 11) is 0. The van der Waals surface area contributed by atoms with Crippen molar-refractivity contribution >= 4 is 0 Å². The molecule has 2 aliphatic rings. The standard InChI is InChI=1S/C16H21N3O3/c1-10-3-4-13(21-10)9-19-8-12(16-17-11(2)18-22-16)7-15-14(19)5-6-20-15/h3-4,12,14-15H,5-9H2,1-2H3/t12-,14-,15-/m1/s1. The molecule has 0 radical (unpaired) electrons. The fourth-order valence-electron chi connectivity index (χ4n) is 3.66. The van der Waals surface area contributed by atoms with Crippen molar-refractivity contribution in [2.24, 2.45) is 0 Å². The van der Waals surface area contributed by atoms with Gasteiger partial charge in [0.2, 0.25) is 5.89 Å². The number of aromatic nitrogens is 2. The maximum atomic E-state index is 5.93. The van der Waals surface area contributed by atoms with Crippen molar-refractivity contribution in [3.05, 3.63) is 35.4 Å². The minimum atomic E-state index is 0.233. The fourth-order valence-corrected chi connectivity index (χ4v) is 3.66. The zero-order valence-corrected chi connectivity index (χ0v) is 13.0. The van der Waals surface area contributed by atoms with Crippen LogP contribution < -0.4 is 0 Å². The van der Waals surface area contributed by atoms with E-state index < -0.39 is 0 Å². The van der Waals surface area contributed by atoms with Crippen molar-refractivity contribution in [2.45, 2.75) is 51.3 Å². The van der Waals surface area contributed by atoms with Crippen LogP contribution in [0.2, 0.25) is 0 Å². The van der Waals surface area contributed by atoms with Gasteiger partial charge in [-0.05, 0) is 38.8 Å². The summed E-state index contributed by atoms with van der Waals surface area (Å²) in [6.07, 6.45) is 2.29. The van der Waals surface area contributed by atoms with Crippen molar-refractivity contribution in [2.75, 3.05) is 13.2 Å². The van der Waals surface area contributed by atoms with Crippen LogP contribution in [0, 0.1) is 13.8 Å². The van der Waals surface area contributed by atoms with E-state index in [-0.39, 0.29) is 12.0 Å². The highest BCUT2D eigenvalue weighted by molar-refractivity contribution is 5.08. The van der Waals surface area contributed by atoms with Gasteiger partial charge in [-0.1, -0.05) is 5.16 Å². The Morgan fingerprint density at radius 2 is 2.23 bits per heavy atom. The lowest BCUT2D eigenvalue weighted by Gasteiger charge is -2.39. The molecule has 2 fully saturated rings. The molecule has 0 spiro atoms. The van der Waals surface area contributed by atoms with E-state index in [1.54, 1.807) is 0 Å². The predicted molar refractivity (Wildman–Crippen MR) is 78.4 cm³/mol. The molecule has 118 valence electrons. The number of ether oxygens (including phenoxy) is 1. The van der Waals surface area contributed by atoms with E-state index in [4.69, 9.17) is 13.7 Å². The molecule has 4 rings (SSSR count). The highest BCUT2D eigenvalue weighted by atomic mass is 16.5. The molecular formula is C16H21N3O3. The van der Waals surface area contributed by atoms with Crippen LogP contribution in [0.5, 0.6) is 0 Å². The zero-order chi connectivity index (χ0) is 15.1. The zero-order valence-electron chi connectivity index (χ0n) is 13.0. The molecule has 0 aliphatic carbocycles. The molecule has 0 unspecified atom stereocenters. The van der Waals surface area contributed by atoms with Crippen LogP contribution in [0.4, 0.5) is 0 Å². The Hall–Kier alpha value is -1.66. The summed E-state index contributed by atoms with van der Waals surface area (Å²) < 4.78 is 17.1. The minimum absolute atomic E-state index is 0.233. The number of rotatable bonds is 3. The molecule has 2 saturated heterocycles. The van der Waals surface area contributed by atoms with Gasteiger partial charge in [-0.25, -0.2) is 0 Å². The summed E-state index contributed by atoms with van der Waals surface area (Å²) in [5.41, 5.74) is 0. The SMILES string of the molecule is Cc1noc([C@@H]2C[C@H]3OCC[C@H]3N(Cc3ccc(C)o3)C2)n1. The molecule has 0 bridgehead atoms. The molecule has 22 heavy (non-hydrogen) atoms. The Bertz CT molecular complexity index is 651. The van der Waals surface area contributed by atoms with E-state index in [0.29, 0.717) is 11.9 Å². The lowest BCUT2D eigenvalue weighted by atomic mass is 9.90. The Morgan fingerprint density at radius 1 is 1.32 bits per heavy atom. The van der Waals surface area contributed by atoms with Crippen molar-refractivity contribution in [3.8, 4) is 0 Å². The van der Waals surface area contributed by atoms with Crippen LogP contribution in [0.25, 0.3) is 0 Å². The Morgan fingerprint density at radius 3 is 2.95 bits per heavy atom. The number of furan rings is 1. The number of hydrogen-bond donors (Lipinski definition) is 0. The molecule has 0 amide bonds. The topological polar surface area (TPSA) is 64.5 Å². The number of nitrogens with zero attached hydrogens (tertiary/aromatic N) is 3. The monoisotopic (exact) mass is 303 g/mol. The largest absolute Gasteiger partial charge is 0.465 e. The fraction of sp³-hybridized carbons (Fsp3) is 0.625. The molecule has 4 heterocycles. The first-order valence-electron chi connectivity index (χ1n) is 7.90. The molecule has 2 aromatic rings. The van der Waals surface area contributed by atoms with Gasteiger partial charge in [0.15, 0.2) is 5.82 Å². The Balaban J connectivity index is 1.55. The maximum Gasteiger partial charge on any atom is 0.231 e. The van der Waals surface area contributed by atoms with Crippen LogP contribution >= 0.6 is 0 Å². The van der Waals surface area contributed by atoms with E-state index in [2.05, 4.69) is 21.1 Å². The first-order valence-corrected chi connectivity index (χ1v) is 7.90. The molecule has 3 atom stereocenters. The van der Waals surface area contributed by atoms with Crippen LogP contribution in [0.15, 0.2) is 21.1 Å². The lowest BCUT2D eigenvalue weighted by molar-refractivity contribution is 0.00597. The molecule has 6 heteroatoms. The molecule has 2 aliphatic heterocycles. The Kier molecular flexibility index (Phi) is 3.50. The Labute approximate surface area is 129 Å². The molecule has 0 aromatic carbocycles. The highest BCUT2D eigenvalue weighted by Gasteiger charge is 2.42. The van der Waals surface area contributed by atoms with E-state index in [1.807, 2.05) is 19.9 Å². The highest BCUT2D eigenvalue weighted by Crippen LogP contribution is 2.36. The number of piperidine rings is 1. The second-order valence-electron chi connectivity index (χ2n) is 6.32. The summed E-state index contributed by atoms with van der Waals surface area (Å²) in [4.78, 5) is 6.86. The number of fused-ring (bicyclic) bond motifs is 1. The summed E-state index contributed by atoms with van der Waals surface area (Å²) in [5.74, 6) is 3.61. The third-order valence-electron chi connectivity index (χ3n) is 4.66. The molecular weight excluding hydrogens is 282 g/mol. The van der Waals surface area contributed by atoms with Crippen LogP contribution in [-0.4, -0.2) is 40.3 Å². The van der Waals surface area contributed by atoms with Crippen molar-refractivity contribution in [3.63, 3.8) is 0 Å². The summed E-state index contributed by atoms with van der Waals surface area (Å²) in [6, 6.07) is 4.53. The van der Waals surface area contributed by atoms with E-state index in [9.17, 15) is 0 Å². The normalized spacial score (nSPS) is 28.9. The summed E-state index contributed by atoms with van der Waals surface area (Å²) in [5, 5.41) is 3.93. The average molecular weight is 303 g/mol. The molecule has 6 nitrogen and oxygen atoms in total. The van der Waals surface area contributed by atoms with E-state index >= 15 is 0 Å².